The van der Waals surface area contributed by atoms with E-state index in [0.29, 0.717) is 12.3 Å². The molecule has 0 rings (SSSR count). The molecule has 0 aliphatic rings. The maximum Gasteiger partial charge on any atom is 0.220 e. The first kappa shape index (κ1) is 11.4. The van der Waals surface area contributed by atoms with E-state index in [1.807, 2.05) is 27.9 Å². The fourth-order valence-electron chi connectivity index (χ4n) is 0.862. The summed E-state index contributed by atoms with van der Waals surface area (Å²) < 4.78 is 0. The second-order valence-electron chi connectivity index (χ2n) is 3.75. The predicted molar refractivity (Wildman–Crippen MR) is 51.0 cm³/mol. The van der Waals surface area contributed by atoms with Gasteiger partial charge in [-0.15, -0.1) is 0 Å². The summed E-state index contributed by atoms with van der Waals surface area (Å²) in [6.07, 6.45) is 0.632. The van der Waals surface area contributed by atoms with Crippen molar-refractivity contribution in [2.45, 2.75) is 20.3 Å². The first-order valence-electron chi connectivity index (χ1n) is 4.43. The minimum absolute atomic E-state index is 0.159. The number of hydrogen-bond donors (Lipinski definition) is 1. The van der Waals surface area contributed by atoms with Gasteiger partial charge < -0.3 is 10.2 Å². The SMILES string of the molecule is CC(C)CC(=O)NCCN(C)C. The Morgan fingerprint density at radius 1 is 1.42 bits per heavy atom. The maximum absolute atomic E-state index is 11.1. The van der Waals surface area contributed by atoms with E-state index in [9.17, 15) is 4.79 Å². The Balaban J connectivity index is 3.32. The van der Waals surface area contributed by atoms with Gasteiger partial charge in [0.2, 0.25) is 5.91 Å². The van der Waals surface area contributed by atoms with Crippen molar-refractivity contribution >= 4 is 5.91 Å². The standard InChI is InChI=1S/C9H20N2O/c1-8(2)7-9(12)10-5-6-11(3)4/h8H,5-7H2,1-4H3,(H,10,12). The average Bonchev–Trinajstić information content (AvgIpc) is 1.84. The van der Waals surface area contributed by atoms with E-state index >= 15 is 0 Å². The van der Waals surface area contributed by atoms with Crippen LogP contribution in [0.3, 0.4) is 0 Å². The van der Waals surface area contributed by atoms with E-state index in [4.69, 9.17) is 0 Å². The summed E-state index contributed by atoms with van der Waals surface area (Å²) in [6.45, 7) is 5.75. The normalized spacial score (nSPS) is 10.8. The molecule has 0 aliphatic heterocycles. The molecule has 72 valence electrons. The Morgan fingerprint density at radius 3 is 2.42 bits per heavy atom. The van der Waals surface area contributed by atoms with Gasteiger partial charge in [-0.1, -0.05) is 13.8 Å². The van der Waals surface area contributed by atoms with Crippen molar-refractivity contribution in [3.05, 3.63) is 0 Å². The van der Waals surface area contributed by atoms with Gasteiger partial charge in [0.25, 0.3) is 0 Å². The van der Waals surface area contributed by atoms with E-state index < -0.39 is 0 Å². The summed E-state index contributed by atoms with van der Waals surface area (Å²) in [5.41, 5.74) is 0. The predicted octanol–water partition coefficient (Wildman–Crippen LogP) is 0.710. The molecule has 1 N–H and O–H groups in total. The van der Waals surface area contributed by atoms with Gasteiger partial charge in [0, 0.05) is 19.5 Å². The lowest BCUT2D eigenvalue weighted by Crippen LogP contribution is -2.31. The fourth-order valence-corrected chi connectivity index (χ4v) is 0.862. The Morgan fingerprint density at radius 2 is 2.00 bits per heavy atom. The molecule has 0 unspecified atom stereocenters. The van der Waals surface area contributed by atoms with Gasteiger partial charge >= 0.3 is 0 Å². The molecule has 0 fully saturated rings. The summed E-state index contributed by atoms with van der Waals surface area (Å²) in [7, 11) is 3.99. The third-order valence-corrected chi connectivity index (χ3v) is 1.47. The second kappa shape index (κ2) is 6.00. The molecule has 0 aliphatic carbocycles. The van der Waals surface area contributed by atoms with Crippen LogP contribution in [-0.4, -0.2) is 38.0 Å². The van der Waals surface area contributed by atoms with Gasteiger partial charge in [-0.05, 0) is 20.0 Å². The molecule has 0 saturated heterocycles. The molecule has 0 radical (unpaired) electrons. The van der Waals surface area contributed by atoms with Gasteiger partial charge in [-0.3, -0.25) is 4.79 Å². The molecular weight excluding hydrogens is 152 g/mol. The highest BCUT2D eigenvalue weighted by Crippen LogP contribution is 1.97. The molecule has 0 aromatic carbocycles. The average molecular weight is 172 g/mol. The largest absolute Gasteiger partial charge is 0.355 e. The summed E-state index contributed by atoms with van der Waals surface area (Å²) in [5.74, 6) is 0.608. The lowest BCUT2D eigenvalue weighted by atomic mass is 10.1. The number of nitrogens with one attached hydrogen (secondary N) is 1. The summed E-state index contributed by atoms with van der Waals surface area (Å²) in [5, 5.41) is 2.86. The van der Waals surface area contributed by atoms with E-state index in [-0.39, 0.29) is 5.91 Å². The number of hydrogen-bond acceptors (Lipinski definition) is 2. The molecule has 0 spiro atoms. The van der Waals surface area contributed by atoms with Crippen LogP contribution in [0.4, 0.5) is 0 Å². The maximum atomic E-state index is 11.1. The van der Waals surface area contributed by atoms with Crippen LogP contribution in [0, 0.1) is 5.92 Å². The highest BCUT2D eigenvalue weighted by molar-refractivity contribution is 5.75. The topological polar surface area (TPSA) is 32.3 Å². The van der Waals surface area contributed by atoms with Crippen LogP contribution >= 0.6 is 0 Å². The van der Waals surface area contributed by atoms with Crippen LogP contribution in [0.15, 0.2) is 0 Å². The van der Waals surface area contributed by atoms with Crippen LogP contribution in [0.2, 0.25) is 0 Å². The van der Waals surface area contributed by atoms with Gasteiger partial charge in [-0.25, -0.2) is 0 Å². The van der Waals surface area contributed by atoms with Crippen LogP contribution in [0.5, 0.6) is 0 Å². The van der Waals surface area contributed by atoms with Gasteiger partial charge in [0.15, 0.2) is 0 Å². The van der Waals surface area contributed by atoms with Crippen molar-refractivity contribution < 1.29 is 4.79 Å². The lowest BCUT2D eigenvalue weighted by Gasteiger charge is -2.10. The first-order chi connectivity index (χ1) is 5.52. The van der Waals surface area contributed by atoms with Gasteiger partial charge in [0.1, 0.15) is 0 Å². The molecule has 1 amide bonds. The van der Waals surface area contributed by atoms with E-state index in [1.165, 1.54) is 0 Å². The fraction of sp³-hybridized carbons (Fsp3) is 0.889. The highest BCUT2D eigenvalue weighted by Gasteiger charge is 2.02. The summed E-state index contributed by atoms with van der Waals surface area (Å²) >= 11 is 0. The molecule has 0 saturated carbocycles. The molecule has 0 bridgehead atoms. The minimum atomic E-state index is 0.159. The monoisotopic (exact) mass is 172 g/mol. The number of amides is 1. The zero-order chi connectivity index (χ0) is 9.56. The van der Waals surface area contributed by atoms with Crippen molar-refractivity contribution in [1.29, 1.82) is 0 Å². The second-order valence-corrected chi connectivity index (χ2v) is 3.75. The smallest absolute Gasteiger partial charge is 0.220 e. The van der Waals surface area contributed by atoms with E-state index in [2.05, 4.69) is 10.2 Å². The molecule has 0 aromatic rings. The van der Waals surface area contributed by atoms with Crippen molar-refractivity contribution in [1.82, 2.24) is 10.2 Å². The molecule has 12 heavy (non-hydrogen) atoms. The molecule has 3 nitrogen and oxygen atoms in total. The Labute approximate surface area is 75.1 Å². The van der Waals surface area contributed by atoms with Gasteiger partial charge in [0.05, 0.1) is 0 Å². The highest BCUT2D eigenvalue weighted by atomic mass is 16.1. The molecular formula is C9H20N2O. The van der Waals surface area contributed by atoms with E-state index in [0.717, 1.165) is 13.1 Å². The van der Waals surface area contributed by atoms with E-state index in [1.54, 1.807) is 0 Å². The Bertz CT molecular complexity index is 132. The lowest BCUT2D eigenvalue weighted by molar-refractivity contribution is -0.121. The van der Waals surface area contributed by atoms with Crippen LogP contribution in [0.1, 0.15) is 20.3 Å². The molecule has 0 heterocycles. The zero-order valence-corrected chi connectivity index (χ0v) is 8.55. The molecule has 0 aromatic heterocycles. The number of nitrogens with zero attached hydrogens (tertiary/aromatic N) is 1. The van der Waals surface area contributed by atoms with Crippen LogP contribution in [-0.2, 0) is 4.79 Å². The number of carbonyl (C=O) groups is 1. The van der Waals surface area contributed by atoms with Crippen LogP contribution in [0.25, 0.3) is 0 Å². The van der Waals surface area contributed by atoms with Crippen molar-refractivity contribution in [2.75, 3.05) is 27.2 Å². The molecule has 0 atom stereocenters. The third-order valence-electron chi connectivity index (χ3n) is 1.47. The van der Waals surface area contributed by atoms with Crippen molar-refractivity contribution in [3.63, 3.8) is 0 Å². The quantitative estimate of drug-likeness (QED) is 0.662. The van der Waals surface area contributed by atoms with Gasteiger partial charge in [-0.2, -0.15) is 0 Å². The third kappa shape index (κ3) is 7.54. The Hall–Kier alpha value is -0.570. The summed E-state index contributed by atoms with van der Waals surface area (Å²) in [6, 6.07) is 0. The van der Waals surface area contributed by atoms with Crippen LogP contribution < -0.4 is 5.32 Å². The van der Waals surface area contributed by atoms with Crippen molar-refractivity contribution in [2.24, 2.45) is 5.92 Å². The zero-order valence-electron chi connectivity index (χ0n) is 8.55. The number of likely N-dealkylation sites (N-methyl/N-ethyl adjacent to an activating group) is 1. The van der Waals surface area contributed by atoms with Crippen molar-refractivity contribution in [3.8, 4) is 0 Å². The number of carbonyl (C=O) groups excluding carboxylic acids is 1. The first-order valence-corrected chi connectivity index (χ1v) is 4.43. The molecule has 3 heteroatoms. The number of rotatable bonds is 5. The minimum Gasteiger partial charge on any atom is -0.355 e. The Kier molecular flexibility index (Phi) is 5.72. The summed E-state index contributed by atoms with van der Waals surface area (Å²) in [4.78, 5) is 13.2.